The van der Waals surface area contributed by atoms with Gasteiger partial charge in [-0.1, -0.05) is 5.16 Å². The summed E-state index contributed by atoms with van der Waals surface area (Å²) in [6.07, 6.45) is 1.01. The fraction of sp³-hybridized carbons (Fsp3) is 0.667. The zero-order valence-electron chi connectivity index (χ0n) is 7.96. The van der Waals surface area contributed by atoms with Crippen LogP contribution in [0.1, 0.15) is 30.9 Å². The van der Waals surface area contributed by atoms with Crippen LogP contribution in [0.4, 0.5) is 0 Å². The molecule has 1 aromatic rings. The molecule has 2 heterocycles. The molecular formula is C9H14N2OS. The first-order valence-electron chi connectivity index (χ1n) is 4.43. The highest BCUT2D eigenvalue weighted by atomic mass is 32.2. The molecule has 0 atom stereocenters. The Morgan fingerprint density at radius 2 is 2.31 bits per heavy atom. The van der Waals surface area contributed by atoms with E-state index in [1.807, 2.05) is 25.6 Å². The van der Waals surface area contributed by atoms with Crippen molar-refractivity contribution in [2.24, 2.45) is 5.73 Å². The first-order valence-corrected chi connectivity index (χ1v) is 5.59. The molecule has 13 heavy (non-hydrogen) atoms. The minimum atomic E-state index is -0.404. The topological polar surface area (TPSA) is 52.0 Å². The molecule has 0 bridgehead atoms. The van der Waals surface area contributed by atoms with Crippen LogP contribution >= 0.6 is 11.8 Å². The molecule has 2 rings (SSSR count). The second kappa shape index (κ2) is 3.03. The molecule has 0 aromatic carbocycles. The Balaban J connectivity index is 2.43. The third kappa shape index (κ3) is 1.60. The van der Waals surface area contributed by atoms with Crippen molar-refractivity contribution in [2.75, 3.05) is 5.75 Å². The van der Waals surface area contributed by atoms with Gasteiger partial charge in [-0.15, -0.1) is 0 Å². The molecule has 3 nitrogen and oxygen atoms in total. The average molecular weight is 198 g/mol. The third-order valence-corrected chi connectivity index (χ3v) is 3.17. The van der Waals surface area contributed by atoms with Crippen molar-refractivity contribution < 1.29 is 4.52 Å². The molecule has 0 saturated carbocycles. The minimum absolute atomic E-state index is 0.404. The maximum absolute atomic E-state index is 5.98. The fourth-order valence-corrected chi connectivity index (χ4v) is 2.52. The Morgan fingerprint density at radius 1 is 1.54 bits per heavy atom. The second-order valence-electron chi connectivity index (χ2n) is 3.96. The summed E-state index contributed by atoms with van der Waals surface area (Å²) in [6, 6.07) is 0. The van der Waals surface area contributed by atoms with Crippen molar-refractivity contribution in [2.45, 2.75) is 31.6 Å². The Hall–Kier alpha value is -0.480. The third-order valence-electron chi connectivity index (χ3n) is 2.18. The number of aryl methyl sites for hydroxylation is 1. The number of rotatable bonds is 1. The van der Waals surface area contributed by atoms with Crippen LogP contribution in [0.25, 0.3) is 0 Å². The number of hydrogen-bond acceptors (Lipinski definition) is 4. The van der Waals surface area contributed by atoms with Crippen LogP contribution < -0.4 is 5.73 Å². The van der Waals surface area contributed by atoms with E-state index in [2.05, 4.69) is 5.16 Å². The summed E-state index contributed by atoms with van der Waals surface area (Å²) in [5.74, 6) is 2.99. The Labute approximate surface area is 82.0 Å². The highest BCUT2D eigenvalue weighted by Crippen LogP contribution is 2.31. The second-order valence-corrected chi connectivity index (χ2v) is 5.07. The Morgan fingerprint density at radius 3 is 3.00 bits per heavy atom. The lowest BCUT2D eigenvalue weighted by Crippen LogP contribution is -2.29. The molecular weight excluding hydrogens is 184 g/mol. The molecule has 0 saturated heterocycles. The molecule has 0 amide bonds. The molecule has 0 radical (unpaired) electrons. The van der Waals surface area contributed by atoms with E-state index in [0.717, 1.165) is 29.4 Å². The normalized spacial score (nSPS) is 17.2. The van der Waals surface area contributed by atoms with Gasteiger partial charge in [0, 0.05) is 17.7 Å². The van der Waals surface area contributed by atoms with E-state index >= 15 is 0 Å². The predicted molar refractivity (Wildman–Crippen MR) is 53.6 cm³/mol. The molecule has 0 spiro atoms. The zero-order valence-corrected chi connectivity index (χ0v) is 8.78. The summed E-state index contributed by atoms with van der Waals surface area (Å²) >= 11 is 1.92. The van der Waals surface area contributed by atoms with Gasteiger partial charge < -0.3 is 10.3 Å². The van der Waals surface area contributed by atoms with Gasteiger partial charge in [-0.3, -0.25) is 0 Å². The van der Waals surface area contributed by atoms with Crippen LogP contribution in [-0.2, 0) is 17.7 Å². The Bertz CT molecular complexity index is 314. The summed E-state index contributed by atoms with van der Waals surface area (Å²) in [7, 11) is 0. The van der Waals surface area contributed by atoms with E-state index in [-0.39, 0.29) is 0 Å². The van der Waals surface area contributed by atoms with Gasteiger partial charge in [-0.05, 0) is 19.6 Å². The van der Waals surface area contributed by atoms with E-state index in [1.54, 1.807) is 0 Å². The molecule has 1 aliphatic rings. The summed E-state index contributed by atoms with van der Waals surface area (Å²) in [5, 5.41) is 4.05. The number of nitrogens with zero attached hydrogens (tertiary/aromatic N) is 1. The van der Waals surface area contributed by atoms with Crippen molar-refractivity contribution in [3.8, 4) is 0 Å². The van der Waals surface area contributed by atoms with Crippen molar-refractivity contribution in [1.29, 1.82) is 0 Å². The lowest BCUT2D eigenvalue weighted by Gasteiger charge is -2.17. The minimum Gasteiger partial charge on any atom is -0.359 e. The van der Waals surface area contributed by atoms with Crippen LogP contribution in [-0.4, -0.2) is 10.9 Å². The lowest BCUT2D eigenvalue weighted by atomic mass is 9.98. The van der Waals surface area contributed by atoms with Crippen molar-refractivity contribution in [1.82, 2.24) is 5.16 Å². The number of hydrogen-bond donors (Lipinski definition) is 1. The number of nitrogens with two attached hydrogens (primary N) is 1. The summed E-state index contributed by atoms with van der Waals surface area (Å²) in [5.41, 5.74) is 7.91. The van der Waals surface area contributed by atoms with Crippen LogP contribution in [0, 0.1) is 0 Å². The molecule has 0 unspecified atom stereocenters. The molecule has 2 N–H and O–H groups in total. The van der Waals surface area contributed by atoms with Gasteiger partial charge in [-0.25, -0.2) is 0 Å². The van der Waals surface area contributed by atoms with Gasteiger partial charge in [0.15, 0.2) is 5.76 Å². The number of fused-ring (bicyclic) bond motifs is 1. The molecule has 4 heteroatoms. The van der Waals surface area contributed by atoms with Crippen LogP contribution in [0.3, 0.4) is 0 Å². The maximum atomic E-state index is 5.98. The largest absolute Gasteiger partial charge is 0.359 e. The first kappa shape index (κ1) is 9.09. The van der Waals surface area contributed by atoms with Gasteiger partial charge in [0.1, 0.15) is 0 Å². The highest BCUT2D eigenvalue weighted by Gasteiger charge is 2.28. The van der Waals surface area contributed by atoms with Crippen molar-refractivity contribution in [3.63, 3.8) is 0 Å². The highest BCUT2D eigenvalue weighted by molar-refractivity contribution is 7.98. The molecule has 0 aliphatic carbocycles. The van der Waals surface area contributed by atoms with E-state index in [4.69, 9.17) is 10.3 Å². The lowest BCUT2D eigenvalue weighted by molar-refractivity contribution is 0.317. The van der Waals surface area contributed by atoms with Crippen LogP contribution in [0.15, 0.2) is 4.52 Å². The fourth-order valence-electron chi connectivity index (χ4n) is 1.54. The predicted octanol–water partition coefficient (Wildman–Crippen LogP) is 1.66. The summed E-state index contributed by atoms with van der Waals surface area (Å²) in [4.78, 5) is 0. The van der Waals surface area contributed by atoms with Crippen molar-refractivity contribution >= 4 is 11.8 Å². The van der Waals surface area contributed by atoms with Gasteiger partial charge in [-0.2, -0.15) is 11.8 Å². The number of aromatic nitrogens is 1. The van der Waals surface area contributed by atoms with E-state index in [0.29, 0.717) is 0 Å². The Kier molecular flexibility index (Phi) is 2.12. The molecule has 1 aliphatic heterocycles. The standard InChI is InChI=1S/C9H14N2OS/c1-9(2,10)8-6-5-13-4-3-7(6)11-12-8/h3-5,10H2,1-2H3. The van der Waals surface area contributed by atoms with Crippen LogP contribution in [0.5, 0.6) is 0 Å². The quantitative estimate of drug-likeness (QED) is 0.745. The van der Waals surface area contributed by atoms with Gasteiger partial charge in [0.25, 0.3) is 0 Å². The van der Waals surface area contributed by atoms with Gasteiger partial charge in [0.2, 0.25) is 0 Å². The van der Waals surface area contributed by atoms with Crippen molar-refractivity contribution in [3.05, 3.63) is 17.0 Å². The van der Waals surface area contributed by atoms with Gasteiger partial charge >= 0.3 is 0 Å². The molecule has 72 valence electrons. The molecule has 0 fully saturated rings. The first-order chi connectivity index (χ1) is 6.09. The van der Waals surface area contributed by atoms with E-state index in [1.165, 1.54) is 5.56 Å². The number of thioether (sulfide) groups is 1. The van der Waals surface area contributed by atoms with E-state index in [9.17, 15) is 0 Å². The maximum Gasteiger partial charge on any atom is 0.160 e. The van der Waals surface area contributed by atoms with Gasteiger partial charge in [0.05, 0.1) is 11.2 Å². The van der Waals surface area contributed by atoms with E-state index < -0.39 is 5.54 Å². The average Bonchev–Trinajstić information content (AvgIpc) is 2.45. The monoisotopic (exact) mass is 198 g/mol. The molecule has 1 aromatic heterocycles. The zero-order chi connectivity index (χ0) is 9.47. The summed E-state index contributed by atoms with van der Waals surface area (Å²) < 4.78 is 5.29. The SMILES string of the molecule is CC(C)(N)c1onc2c1CSCC2. The summed E-state index contributed by atoms with van der Waals surface area (Å²) in [6.45, 7) is 3.90. The van der Waals surface area contributed by atoms with Crippen LogP contribution in [0.2, 0.25) is 0 Å². The smallest absolute Gasteiger partial charge is 0.160 e.